The summed E-state index contributed by atoms with van der Waals surface area (Å²) >= 11 is 0. The van der Waals surface area contributed by atoms with E-state index >= 15 is 0 Å². The maximum atomic E-state index is 13.5. The molecular weight excluding hydrogens is 218 g/mol. The summed E-state index contributed by atoms with van der Waals surface area (Å²) in [5.41, 5.74) is -0.870. The topological polar surface area (TPSA) is 48.1 Å². The van der Waals surface area contributed by atoms with Crippen LogP contribution in [-0.4, -0.2) is 9.49 Å². The van der Waals surface area contributed by atoms with Crippen LogP contribution in [0.3, 0.4) is 0 Å². The third-order valence-corrected chi connectivity index (χ3v) is 2.11. The zero-order valence-corrected chi connectivity index (χ0v) is 7.93. The first-order valence-corrected chi connectivity index (χ1v) is 4.37. The lowest BCUT2D eigenvalue weighted by molar-refractivity contribution is -0.384. The lowest BCUT2D eigenvalue weighted by Gasteiger charge is -2.05. The Bertz CT molecular complexity index is 538. The number of hydrogen-bond acceptors (Lipinski definition) is 2. The Morgan fingerprint density at radius 3 is 2.38 bits per heavy atom. The molecule has 0 aliphatic carbocycles. The zero-order chi connectivity index (χ0) is 11.7. The van der Waals surface area contributed by atoms with E-state index in [9.17, 15) is 18.9 Å². The van der Waals surface area contributed by atoms with Crippen molar-refractivity contribution in [2.24, 2.45) is 0 Å². The minimum atomic E-state index is -1.23. The molecule has 6 heteroatoms. The molecule has 0 unspecified atom stereocenters. The molecule has 0 aliphatic rings. The molecule has 0 radical (unpaired) electrons. The van der Waals surface area contributed by atoms with E-state index < -0.39 is 27.9 Å². The largest absolute Gasteiger partial charge is 0.316 e. The van der Waals surface area contributed by atoms with E-state index in [1.165, 1.54) is 12.4 Å². The molecule has 0 amide bonds. The van der Waals surface area contributed by atoms with Crippen molar-refractivity contribution in [3.8, 4) is 5.69 Å². The molecule has 4 nitrogen and oxygen atoms in total. The van der Waals surface area contributed by atoms with Gasteiger partial charge >= 0.3 is 0 Å². The van der Waals surface area contributed by atoms with Crippen molar-refractivity contribution in [3.63, 3.8) is 0 Å². The van der Waals surface area contributed by atoms with Gasteiger partial charge in [0, 0.05) is 18.5 Å². The highest BCUT2D eigenvalue weighted by Gasteiger charge is 2.22. The van der Waals surface area contributed by atoms with Crippen LogP contribution in [-0.2, 0) is 0 Å². The van der Waals surface area contributed by atoms with Gasteiger partial charge < -0.3 is 4.57 Å². The molecule has 0 saturated carbocycles. The Balaban J connectivity index is 2.74. The van der Waals surface area contributed by atoms with E-state index in [0.29, 0.717) is 0 Å². The van der Waals surface area contributed by atoms with Gasteiger partial charge in [0.05, 0.1) is 4.92 Å². The summed E-state index contributed by atoms with van der Waals surface area (Å²) in [4.78, 5) is 9.93. The van der Waals surface area contributed by atoms with E-state index in [4.69, 9.17) is 0 Å². The second kappa shape index (κ2) is 3.73. The van der Waals surface area contributed by atoms with Crippen molar-refractivity contribution < 1.29 is 13.7 Å². The molecule has 1 aromatic carbocycles. The van der Waals surface area contributed by atoms with Gasteiger partial charge in [0.25, 0.3) is 5.69 Å². The Morgan fingerprint density at radius 2 is 1.81 bits per heavy atom. The molecule has 0 aliphatic heterocycles. The number of aromatic nitrogens is 1. The van der Waals surface area contributed by atoms with Crippen LogP contribution >= 0.6 is 0 Å². The predicted molar refractivity (Wildman–Crippen MR) is 52.3 cm³/mol. The van der Waals surface area contributed by atoms with Crippen LogP contribution in [0.25, 0.3) is 5.69 Å². The summed E-state index contributed by atoms with van der Waals surface area (Å²) < 4.78 is 27.7. The van der Waals surface area contributed by atoms with Gasteiger partial charge in [0.2, 0.25) is 0 Å². The molecule has 2 rings (SSSR count). The highest BCUT2D eigenvalue weighted by molar-refractivity contribution is 5.53. The highest BCUT2D eigenvalue weighted by Crippen LogP contribution is 2.27. The van der Waals surface area contributed by atoms with E-state index in [-0.39, 0.29) is 0 Å². The number of hydrogen-bond donors (Lipinski definition) is 0. The Morgan fingerprint density at radius 1 is 1.19 bits per heavy atom. The molecule has 1 aromatic heterocycles. The summed E-state index contributed by atoms with van der Waals surface area (Å²) in [6.45, 7) is 0. The van der Waals surface area contributed by atoms with E-state index in [0.717, 1.165) is 16.7 Å². The van der Waals surface area contributed by atoms with Gasteiger partial charge in [-0.3, -0.25) is 10.1 Å². The van der Waals surface area contributed by atoms with Crippen molar-refractivity contribution in [1.82, 2.24) is 4.57 Å². The van der Waals surface area contributed by atoms with Crippen molar-refractivity contribution >= 4 is 5.69 Å². The monoisotopic (exact) mass is 224 g/mol. The fraction of sp³-hybridized carbons (Fsp3) is 0. The summed E-state index contributed by atoms with van der Waals surface area (Å²) in [6.07, 6.45) is 2.82. The minimum absolute atomic E-state index is 0.394. The van der Waals surface area contributed by atoms with Gasteiger partial charge in [-0.15, -0.1) is 0 Å². The molecular formula is C10H6F2N2O2. The number of nitrogens with zero attached hydrogens (tertiary/aromatic N) is 2. The SMILES string of the molecule is O=[N+]([O-])c1ccc(F)c(F)c1-n1cccc1. The van der Waals surface area contributed by atoms with Crippen LogP contribution in [0.2, 0.25) is 0 Å². The number of nitro benzene ring substituents is 1. The van der Waals surface area contributed by atoms with E-state index in [1.54, 1.807) is 12.1 Å². The molecule has 82 valence electrons. The first-order valence-electron chi connectivity index (χ1n) is 4.37. The molecule has 0 spiro atoms. The van der Waals surface area contributed by atoms with Gasteiger partial charge in [0.1, 0.15) is 0 Å². The van der Waals surface area contributed by atoms with Gasteiger partial charge in [-0.05, 0) is 18.2 Å². The van der Waals surface area contributed by atoms with Crippen LogP contribution in [0, 0.1) is 21.7 Å². The number of halogens is 2. The fourth-order valence-corrected chi connectivity index (χ4v) is 1.41. The summed E-state index contributed by atoms with van der Waals surface area (Å²) in [7, 11) is 0. The fourth-order valence-electron chi connectivity index (χ4n) is 1.41. The molecule has 2 aromatic rings. The van der Waals surface area contributed by atoms with Crippen molar-refractivity contribution in [2.75, 3.05) is 0 Å². The normalized spacial score (nSPS) is 10.4. The van der Waals surface area contributed by atoms with E-state index in [2.05, 4.69) is 0 Å². The molecule has 1 heterocycles. The lowest BCUT2D eigenvalue weighted by Crippen LogP contribution is -2.03. The number of rotatable bonds is 2. The average Bonchev–Trinajstić information content (AvgIpc) is 2.74. The Hall–Kier alpha value is -2.24. The lowest BCUT2D eigenvalue weighted by atomic mass is 10.2. The quantitative estimate of drug-likeness (QED) is 0.581. The summed E-state index contributed by atoms with van der Waals surface area (Å²) in [6, 6.07) is 4.80. The van der Waals surface area contributed by atoms with E-state index in [1.807, 2.05) is 0 Å². The summed E-state index contributed by atoms with van der Waals surface area (Å²) in [5, 5.41) is 10.7. The van der Waals surface area contributed by atoms with Gasteiger partial charge in [-0.1, -0.05) is 0 Å². The maximum Gasteiger partial charge on any atom is 0.296 e. The van der Waals surface area contributed by atoms with Crippen molar-refractivity contribution in [1.29, 1.82) is 0 Å². The smallest absolute Gasteiger partial charge is 0.296 e. The maximum absolute atomic E-state index is 13.5. The predicted octanol–water partition coefficient (Wildman–Crippen LogP) is 2.66. The van der Waals surface area contributed by atoms with Crippen molar-refractivity contribution in [2.45, 2.75) is 0 Å². The molecule has 0 saturated heterocycles. The van der Waals surface area contributed by atoms with Crippen LogP contribution in [0.15, 0.2) is 36.7 Å². The average molecular weight is 224 g/mol. The Labute approximate surface area is 88.9 Å². The second-order valence-electron chi connectivity index (χ2n) is 3.08. The third kappa shape index (κ3) is 1.54. The first-order chi connectivity index (χ1) is 7.61. The highest BCUT2D eigenvalue weighted by atomic mass is 19.2. The minimum Gasteiger partial charge on any atom is -0.316 e. The first kappa shape index (κ1) is 10.3. The second-order valence-corrected chi connectivity index (χ2v) is 3.08. The molecule has 0 atom stereocenters. The van der Waals surface area contributed by atoms with Crippen LogP contribution in [0.5, 0.6) is 0 Å². The van der Waals surface area contributed by atoms with Crippen LogP contribution in [0.1, 0.15) is 0 Å². The van der Waals surface area contributed by atoms with Gasteiger partial charge in [-0.25, -0.2) is 8.78 Å². The van der Waals surface area contributed by atoms with Gasteiger partial charge in [-0.2, -0.15) is 0 Å². The number of nitro groups is 1. The third-order valence-electron chi connectivity index (χ3n) is 2.11. The zero-order valence-electron chi connectivity index (χ0n) is 7.93. The standard InChI is InChI=1S/C10H6F2N2O2/c11-7-3-4-8(14(15)16)10(9(7)12)13-5-1-2-6-13/h1-6H. The molecule has 16 heavy (non-hydrogen) atoms. The van der Waals surface area contributed by atoms with Gasteiger partial charge in [0.15, 0.2) is 17.3 Å². The molecule has 0 bridgehead atoms. The molecule has 0 fully saturated rings. The van der Waals surface area contributed by atoms with Crippen molar-refractivity contribution in [3.05, 3.63) is 58.4 Å². The van der Waals surface area contributed by atoms with Crippen LogP contribution in [0.4, 0.5) is 14.5 Å². The summed E-state index contributed by atoms with van der Waals surface area (Å²) in [5.74, 6) is -2.35. The molecule has 0 N–H and O–H groups in total. The number of benzene rings is 1. The Kier molecular flexibility index (Phi) is 2.40. The van der Waals surface area contributed by atoms with Crippen LogP contribution < -0.4 is 0 Å².